The van der Waals surface area contributed by atoms with Gasteiger partial charge in [0.25, 0.3) is 0 Å². The van der Waals surface area contributed by atoms with Crippen LogP contribution >= 0.6 is 0 Å². The topological polar surface area (TPSA) is 178 Å². The number of carbonyl (C=O) groups excluding carboxylic acids is 1. The third-order valence-electron chi connectivity index (χ3n) is 11.9. The number of unbranched alkanes of at least 4 members (excludes halogenated alkanes) is 23. The molecule has 13 heteroatoms. The molecule has 0 amide bonds. The van der Waals surface area contributed by atoms with Gasteiger partial charge < -0.3 is 34.3 Å². The van der Waals surface area contributed by atoms with E-state index in [1.165, 1.54) is 96.3 Å². The first kappa shape index (κ1) is 62.8. The van der Waals surface area contributed by atoms with E-state index in [4.69, 9.17) is 18.9 Å². The highest BCUT2D eigenvalue weighted by Crippen LogP contribution is 2.26. The third kappa shape index (κ3) is 38.3. The Morgan fingerprint density at radius 1 is 0.582 bits per heavy atom. The van der Waals surface area contributed by atoms with Crippen LogP contribution in [-0.2, 0) is 38.3 Å². The molecule has 0 aromatic rings. The number of allylic oxidation sites excluding steroid dienone is 10. The van der Waals surface area contributed by atoms with Crippen molar-refractivity contribution in [3.05, 3.63) is 60.8 Å². The molecule has 12 nitrogen and oxygen atoms in total. The lowest BCUT2D eigenvalue weighted by atomic mass is 9.99. The number of aliphatic hydroxyl groups is 3. The Morgan fingerprint density at radius 2 is 1.03 bits per heavy atom. The van der Waals surface area contributed by atoms with Gasteiger partial charge >= 0.3 is 16.4 Å². The first-order valence-corrected chi connectivity index (χ1v) is 27.9. The molecule has 0 radical (unpaired) electrons. The average Bonchev–Trinajstić information content (AvgIpc) is 3.30. The van der Waals surface area contributed by atoms with E-state index in [0.717, 1.165) is 89.9 Å². The molecule has 0 bridgehead atoms. The molecule has 1 saturated heterocycles. The van der Waals surface area contributed by atoms with Crippen molar-refractivity contribution in [2.45, 2.75) is 250 Å². The van der Waals surface area contributed by atoms with Gasteiger partial charge in [-0.1, -0.05) is 209 Å². The Morgan fingerprint density at radius 3 is 1.51 bits per heavy atom. The number of ether oxygens (including phenoxy) is 4. The van der Waals surface area contributed by atoms with Gasteiger partial charge in [0.1, 0.15) is 30.5 Å². The molecule has 67 heavy (non-hydrogen) atoms. The van der Waals surface area contributed by atoms with E-state index in [0.29, 0.717) is 13.0 Å². The second kappa shape index (κ2) is 45.0. The van der Waals surface area contributed by atoms with Crippen molar-refractivity contribution in [2.75, 3.05) is 26.4 Å². The summed E-state index contributed by atoms with van der Waals surface area (Å²) in [7, 11) is -5.07. The third-order valence-corrected chi connectivity index (χ3v) is 12.4. The minimum atomic E-state index is -5.07. The zero-order valence-electron chi connectivity index (χ0n) is 41.9. The summed E-state index contributed by atoms with van der Waals surface area (Å²) >= 11 is 0. The van der Waals surface area contributed by atoms with E-state index in [9.17, 15) is 33.1 Å². The molecule has 6 unspecified atom stereocenters. The van der Waals surface area contributed by atoms with Crippen molar-refractivity contribution in [3.8, 4) is 0 Å². The molecular formula is C54H96O12S. The first-order chi connectivity index (χ1) is 32.6. The van der Waals surface area contributed by atoms with E-state index in [1.54, 1.807) is 0 Å². The van der Waals surface area contributed by atoms with Crippen molar-refractivity contribution < 1.29 is 56.2 Å². The van der Waals surface area contributed by atoms with Crippen LogP contribution in [0.15, 0.2) is 60.8 Å². The Kier molecular flexibility index (Phi) is 42.2. The second-order valence-electron chi connectivity index (χ2n) is 18.1. The lowest BCUT2D eigenvalue weighted by molar-refractivity contribution is -0.301. The zero-order chi connectivity index (χ0) is 48.9. The summed E-state index contributed by atoms with van der Waals surface area (Å²) in [6, 6.07) is 0. The summed E-state index contributed by atoms with van der Waals surface area (Å²) in [5.74, 6) is -0.403. The van der Waals surface area contributed by atoms with Crippen molar-refractivity contribution in [2.24, 2.45) is 0 Å². The molecule has 0 aliphatic carbocycles. The van der Waals surface area contributed by atoms with E-state index in [2.05, 4.69) is 78.8 Å². The quantitative estimate of drug-likeness (QED) is 0.0197. The SMILES string of the molecule is CC/C=C\C/C=C\C/C=C\C/C=C\C/C=C\CCCCCCCCOCC(COC1OC(CO)C(O)C(OS(=O)(=O)O)C1O)OC(=O)CCCCCCCCCCCCCCCCCCCC. The van der Waals surface area contributed by atoms with Crippen LogP contribution < -0.4 is 0 Å². The maximum Gasteiger partial charge on any atom is 0.397 e. The van der Waals surface area contributed by atoms with Crippen molar-refractivity contribution in [1.82, 2.24) is 0 Å². The molecule has 0 saturated carbocycles. The van der Waals surface area contributed by atoms with Crippen LogP contribution in [0.5, 0.6) is 0 Å². The molecule has 1 fully saturated rings. The smallest absolute Gasteiger partial charge is 0.397 e. The molecule has 1 heterocycles. The van der Waals surface area contributed by atoms with Crippen LogP contribution in [0.4, 0.5) is 0 Å². The highest BCUT2D eigenvalue weighted by molar-refractivity contribution is 7.80. The zero-order valence-corrected chi connectivity index (χ0v) is 42.8. The predicted octanol–water partition coefficient (Wildman–Crippen LogP) is 12.5. The summed E-state index contributed by atoms with van der Waals surface area (Å²) in [4.78, 5) is 12.9. The number of esters is 1. The molecule has 1 aliphatic heterocycles. The van der Waals surface area contributed by atoms with Crippen LogP contribution in [0, 0.1) is 0 Å². The molecular weight excluding hydrogens is 873 g/mol. The van der Waals surface area contributed by atoms with Gasteiger partial charge in [-0.15, -0.1) is 0 Å². The summed E-state index contributed by atoms with van der Waals surface area (Å²) < 4.78 is 59.3. The molecule has 1 aliphatic rings. The summed E-state index contributed by atoms with van der Waals surface area (Å²) in [6.45, 7) is 3.87. The number of aliphatic hydroxyl groups excluding tert-OH is 3. The molecule has 4 N–H and O–H groups in total. The number of hydrogen-bond donors (Lipinski definition) is 4. The Labute approximate surface area is 408 Å². The molecule has 1 rings (SSSR count). The van der Waals surface area contributed by atoms with Gasteiger partial charge in [0, 0.05) is 13.0 Å². The second-order valence-corrected chi connectivity index (χ2v) is 19.1. The van der Waals surface area contributed by atoms with Gasteiger partial charge in [-0.05, 0) is 57.8 Å². The standard InChI is InChI=1S/C54H96O12S/c1-3-5-7-9-11-13-15-17-19-21-23-24-25-26-28-30-32-34-36-38-40-42-44-62-46-48(47-63-54-52(58)53(66-67(59,60)61)51(57)49(45-55)65-54)64-50(56)43-41-39-37-35-33-31-29-27-22-20-18-16-14-12-10-8-6-4-2/h5,7,11,13,17,19,23-24,26,28,48-49,51-55,57-58H,3-4,6,8-10,12,14-16,18,20-22,25,27,29-47H2,1-2H3,(H,59,60,61)/b7-5-,13-11-,19-17-,24-23-,28-26-. The van der Waals surface area contributed by atoms with E-state index >= 15 is 0 Å². The minimum absolute atomic E-state index is 0.0257. The van der Waals surface area contributed by atoms with Crippen molar-refractivity contribution in [1.29, 1.82) is 0 Å². The summed E-state index contributed by atoms with van der Waals surface area (Å²) in [5.41, 5.74) is 0. The van der Waals surface area contributed by atoms with Crippen molar-refractivity contribution in [3.63, 3.8) is 0 Å². The van der Waals surface area contributed by atoms with E-state index in [-0.39, 0.29) is 19.6 Å². The molecule has 0 aromatic carbocycles. The molecule has 0 spiro atoms. The van der Waals surface area contributed by atoms with Gasteiger partial charge in [0.15, 0.2) is 6.29 Å². The largest absolute Gasteiger partial charge is 0.457 e. The number of rotatable bonds is 46. The van der Waals surface area contributed by atoms with Crippen LogP contribution in [0.2, 0.25) is 0 Å². The van der Waals surface area contributed by atoms with Crippen molar-refractivity contribution >= 4 is 16.4 Å². The fraction of sp³-hybridized carbons (Fsp3) is 0.796. The number of carbonyl (C=O) groups is 1. The maximum atomic E-state index is 12.9. The van der Waals surface area contributed by atoms with Crippen LogP contribution in [0.25, 0.3) is 0 Å². The maximum absolute atomic E-state index is 12.9. The predicted molar refractivity (Wildman–Crippen MR) is 271 cm³/mol. The fourth-order valence-corrected chi connectivity index (χ4v) is 8.44. The monoisotopic (exact) mass is 969 g/mol. The summed E-state index contributed by atoms with van der Waals surface area (Å²) in [5, 5.41) is 30.8. The highest BCUT2D eigenvalue weighted by atomic mass is 32.3. The van der Waals surface area contributed by atoms with Crippen LogP contribution in [0.1, 0.15) is 213 Å². The molecule has 390 valence electrons. The molecule has 0 aromatic heterocycles. The fourth-order valence-electron chi connectivity index (χ4n) is 7.94. The summed E-state index contributed by atoms with van der Waals surface area (Å²) in [6.07, 6.45) is 48.2. The number of hydrogen-bond acceptors (Lipinski definition) is 11. The Balaban J connectivity index is 2.36. The van der Waals surface area contributed by atoms with Gasteiger partial charge in [-0.25, -0.2) is 4.18 Å². The lowest BCUT2D eigenvalue weighted by Crippen LogP contribution is -2.60. The normalized spacial score (nSPS) is 19.9. The van der Waals surface area contributed by atoms with Gasteiger partial charge in [-0.3, -0.25) is 9.35 Å². The Hall–Kier alpha value is -2.20. The Bertz CT molecular complexity index is 1400. The van der Waals surface area contributed by atoms with Crippen LogP contribution in [0.3, 0.4) is 0 Å². The van der Waals surface area contributed by atoms with E-state index in [1.807, 2.05) is 0 Å². The first-order valence-electron chi connectivity index (χ1n) is 26.5. The lowest BCUT2D eigenvalue weighted by Gasteiger charge is -2.41. The van der Waals surface area contributed by atoms with Gasteiger partial charge in [0.05, 0.1) is 19.8 Å². The average molecular weight is 969 g/mol. The minimum Gasteiger partial charge on any atom is -0.457 e. The van der Waals surface area contributed by atoms with E-state index < -0.39 is 59.8 Å². The van der Waals surface area contributed by atoms with Crippen LogP contribution in [-0.4, -0.2) is 97.5 Å². The molecule has 6 atom stereocenters. The van der Waals surface area contributed by atoms with Gasteiger partial charge in [-0.2, -0.15) is 8.42 Å². The van der Waals surface area contributed by atoms with Gasteiger partial charge in [0.2, 0.25) is 0 Å². The highest BCUT2D eigenvalue weighted by Gasteiger charge is 2.48.